The van der Waals surface area contributed by atoms with E-state index in [1.165, 1.54) is 11.1 Å². The van der Waals surface area contributed by atoms with E-state index in [0.717, 1.165) is 18.4 Å². The SMILES string of the molecule is Cc1ccc([C@H](C)CC[C@@H]2CN([C@@H](C)c3ccc(OC=O)cc3)C(=O)O2)cc1. The highest BCUT2D eigenvalue weighted by atomic mass is 16.6. The summed E-state index contributed by atoms with van der Waals surface area (Å²) in [5.74, 6) is 0.911. The van der Waals surface area contributed by atoms with Gasteiger partial charge in [-0.1, -0.05) is 48.9 Å². The third kappa shape index (κ3) is 4.71. The third-order valence-electron chi connectivity index (χ3n) is 5.48. The number of ether oxygens (including phenoxy) is 2. The van der Waals surface area contributed by atoms with E-state index in [1.807, 2.05) is 19.1 Å². The number of nitrogens with zero attached hydrogens (tertiary/aromatic N) is 1. The predicted octanol–water partition coefficient (Wildman–Crippen LogP) is 5.00. The van der Waals surface area contributed by atoms with Crippen LogP contribution in [0.15, 0.2) is 48.5 Å². The maximum absolute atomic E-state index is 12.4. The van der Waals surface area contributed by atoms with E-state index in [0.29, 0.717) is 24.7 Å². The number of benzene rings is 2. The summed E-state index contributed by atoms with van der Waals surface area (Å²) in [7, 11) is 0. The summed E-state index contributed by atoms with van der Waals surface area (Å²) in [5, 5.41) is 0. The molecule has 1 saturated heterocycles. The van der Waals surface area contributed by atoms with Crippen LogP contribution in [0.1, 0.15) is 55.3 Å². The van der Waals surface area contributed by atoms with Crippen molar-refractivity contribution in [2.24, 2.45) is 0 Å². The highest BCUT2D eigenvalue weighted by Crippen LogP contribution is 2.30. The number of aryl methyl sites for hydroxylation is 1. The molecule has 28 heavy (non-hydrogen) atoms. The van der Waals surface area contributed by atoms with E-state index in [-0.39, 0.29) is 18.2 Å². The van der Waals surface area contributed by atoms with Crippen LogP contribution in [0.4, 0.5) is 4.79 Å². The molecule has 0 radical (unpaired) electrons. The second-order valence-corrected chi connectivity index (χ2v) is 7.51. The van der Waals surface area contributed by atoms with Crippen LogP contribution in [0.3, 0.4) is 0 Å². The number of cyclic esters (lactones) is 1. The van der Waals surface area contributed by atoms with E-state index in [4.69, 9.17) is 9.47 Å². The standard InChI is InChI=1S/C23H27NO4/c1-16-4-7-19(8-5-16)17(2)6-11-22-14-24(23(26)28-22)18(3)20-9-12-21(13-10-20)27-15-25/h4-5,7-10,12-13,15,17-18,22H,6,11,14H2,1-3H3/t17-,18+,22-/m1/s1. The van der Waals surface area contributed by atoms with E-state index in [2.05, 4.69) is 38.1 Å². The lowest BCUT2D eigenvalue weighted by atomic mass is 9.94. The summed E-state index contributed by atoms with van der Waals surface area (Å²) >= 11 is 0. The third-order valence-corrected chi connectivity index (χ3v) is 5.48. The molecule has 0 aliphatic carbocycles. The Kier molecular flexibility index (Phi) is 6.34. The Balaban J connectivity index is 1.55. The van der Waals surface area contributed by atoms with Gasteiger partial charge >= 0.3 is 6.09 Å². The Labute approximate surface area is 166 Å². The summed E-state index contributed by atoms with van der Waals surface area (Å²) in [5.41, 5.74) is 3.55. The number of rotatable bonds is 8. The molecule has 2 aromatic carbocycles. The molecule has 1 amide bonds. The number of carbonyl (C=O) groups excluding carboxylic acids is 2. The Bertz CT molecular complexity index is 800. The van der Waals surface area contributed by atoms with Gasteiger partial charge in [-0.15, -0.1) is 0 Å². The summed E-state index contributed by atoms with van der Waals surface area (Å²) in [6.45, 7) is 7.27. The Morgan fingerprint density at radius 1 is 1.11 bits per heavy atom. The van der Waals surface area contributed by atoms with Gasteiger partial charge in [-0.2, -0.15) is 0 Å². The predicted molar refractivity (Wildman–Crippen MR) is 107 cm³/mol. The molecule has 1 fully saturated rings. The van der Waals surface area contributed by atoms with Gasteiger partial charge < -0.3 is 9.47 Å². The fourth-order valence-corrected chi connectivity index (χ4v) is 3.57. The van der Waals surface area contributed by atoms with Crippen molar-refractivity contribution in [3.05, 3.63) is 65.2 Å². The molecule has 0 unspecified atom stereocenters. The Morgan fingerprint density at radius 3 is 2.39 bits per heavy atom. The van der Waals surface area contributed by atoms with Crippen molar-refractivity contribution < 1.29 is 19.1 Å². The second kappa shape index (κ2) is 8.91. The van der Waals surface area contributed by atoms with Crippen LogP contribution in [0.2, 0.25) is 0 Å². The quantitative estimate of drug-likeness (QED) is 0.604. The molecule has 0 saturated carbocycles. The molecule has 1 aliphatic rings. The van der Waals surface area contributed by atoms with Gasteiger partial charge in [0.15, 0.2) is 0 Å². The van der Waals surface area contributed by atoms with Crippen molar-refractivity contribution >= 4 is 12.6 Å². The number of hydrogen-bond acceptors (Lipinski definition) is 4. The van der Waals surface area contributed by atoms with Crippen LogP contribution >= 0.6 is 0 Å². The molecule has 0 N–H and O–H groups in total. The van der Waals surface area contributed by atoms with Crippen molar-refractivity contribution in [2.75, 3.05) is 6.54 Å². The largest absolute Gasteiger partial charge is 0.444 e. The average molecular weight is 381 g/mol. The van der Waals surface area contributed by atoms with Crippen LogP contribution in [0.25, 0.3) is 0 Å². The summed E-state index contributed by atoms with van der Waals surface area (Å²) in [4.78, 5) is 24.5. The summed E-state index contributed by atoms with van der Waals surface area (Å²) in [6.07, 6.45) is 1.46. The van der Waals surface area contributed by atoms with Gasteiger partial charge in [0.25, 0.3) is 6.47 Å². The van der Waals surface area contributed by atoms with Crippen molar-refractivity contribution in [3.8, 4) is 5.75 Å². The monoisotopic (exact) mass is 381 g/mol. The normalized spacial score (nSPS) is 18.5. The molecule has 3 rings (SSSR count). The molecule has 5 nitrogen and oxygen atoms in total. The first-order valence-electron chi connectivity index (χ1n) is 9.72. The number of hydrogen-bond donors (Lipinski definition) is 0. The highest BCUT2D eigenvalue weighted by molar-refractivity contribution is 5.70. The van der Waals surface area contributed by atoms with Crippen molar-refractivity contribution in [1.29, 1.82) is 0 Å². The molecule has 1 heterocycles. The molecular weight excluding hydrogens is 354 g/mol. The lowest BCUT2D eigenvalue weighted by Gasteiger charge is -2.22. The van der Waals surface area contributed by atoms with Crippen molar-refractivity contribution in [2.45, 2.75) is 51.7 Å². The number of carbonyl (C=O) groups is 2. The molecule has 1 aliphatic heterocycles. The van der Waals surface area contributed by atoms with Crippen LogP contribution in [-0.4, -0.2) is 30.1 Å². The fourth-order valence-electron chi connectivity index (χ4n) is 3.57. The first-order valence-corrected chi connectivity index (χ1v) is 9.72. The molecular formula is C23H27NO4. The zero-order chi connectivity index (χ0) is 20.1. The van der Waals surface area contributed by atoms with Gasteiger partial charge in [-0.3, -0.25) is 9.69 Å². The van der Waals surface area contributed by atoms with Crippen LogP contribution < -0.4 is 4.74 Å². The summed E-state index contributed by atoms with van der Waals surface area (Å²) < 4.78 is 10.4. The lowest BCUT2D eigenvalue weighted by Crippen LogP contribution is -2.28. The van der Waals surface area contributed by atoms with Gasteiger partial charge in [0.2, 0.25) is 0 Å². The van der Waals surface area contributed by atoms with Gasteiger partial charge in [-0.05, 0) is 55.9 Å². The van der Waals surface area contributed by atoms with E-state index in [9.17, 15) is 9.59 Å². The van der Waals surface area contributed by atoms with Crippen molar-refractivity contribution in [1.82, 2.24) is 4.90 Å². The topological polar surface area (TPSA) is 55.8 Å². The fraction of sp³-hybridized carbons (Fsp3) is 0.391. The first kappa shape index (κ1) is 19.9. The maximum Gasteiger partial charge on any atom is 0.410 e. The molecule has 3 atom stereocenters. The minimum atomic E-state index is -0.270. The van der Waals surface area contributed by atoms with E-state index in [1.54, 1.807) is 17.0 Å². The van der Waals surface area contributed by atoms with Crippen LogP contribution in [0, 0.1) is 6.92 Å². The van der Waals surface area contributed by atoms with Crippen molar-refractivity contribution in [3.63, 3.8) is 0 Å². The smallest absolute Gasteiger partial charge is 0.410 e. The van der Waals surface area contributed by atoms with Gasteiger partial charge in [0, 0.05) is 0 Å². The Morgan fingerprint density at radius 2 is 1.75 bits per heavy atom. The van der Waals surface area contributed by atoms with E-state index < -0.39 is 0 Å². The van der Waals surface area contributed by atoms with Gasteiger partial charge in [0.05, 0.1) is 12.6 Å². The minimum absolute atomic E-state index is 0.0829. The second-order valence-electron chi connectivity index (χ2n) is 7.51. The van der Waals surface area contributed by atoms with Gasteiger partial charge in [-0.25, -0.2) is 4.79 Å². The Hall–Kier alpha value is -2.82. The molecule has 148 valence electrons. The molecule has 0 aromatic heterocycles. The molecule has 5 heteroatoms. The zero-order valence-corrected chi connectivity index (χ0v) is 16.6. The van der Waals surface area contributed by atoms with E-state index >= 15 is 0 Å². The van der Waals surface area contributed by atoms with Crippen LogP contribution in [0.5, 0.6) is 5.75 Å². The molecule has 2 aromatic rings. The maximum atomic E-state index is 12.4. The molecule has 0 bridgehead atoms. The zero-order valence-electron chi connectivity index (χ0n) is 16.6. The highest BCUT2D eigenvalue weighted by Gasteiger charge is 2.34. The first-order chi connectivity index (χ1) is 13.5. The average Bonchev–Trinajstić information content (AvgIpc) is 3.07. The lowest BCUT2D eigenvalue weighted by molar-refractivity contribution is -0.120. The van der Waals surface area contributed by atoms with Crippen LogP contribution in [-0.2, 0) is 9.53 Å². The molecule has 0 spiro atoms. The number of amides is 1. The summed E-state index contributed by atoms with van der Waals surface area (Å²) in [6, 6.07) is 15.7. The minimum Gasteiger partial charge on any atom is -0.444 e. The van der Waals surface area contributed by atoms with Gasteiger partial charge in [0.1, 0.15) is 11.9 Å².